The molecule has 8 heteroatoms. The third kappa shape index (κ3) is 5.52. The van der Waals surface area contributed by atoms with Crippen molar-refractivity contribution < 1.29 is 33.3 Å². The Balaban J connectivity index is 1.78. The number of ether oxygens (including phenoxy) is 4. The van der Waals surface area contributed by atoms with Gasteiger partial charge in [0.05, 0.1) is 12.6 Å². The van der Waals surface area contributed by atoms with Crippen molar-refractivity contribution >= 4 is 17.8 Å². The van der Waals surface area contributed by atoms with Crippen LogP contribution in [0.1, 0.15) is 25.5 Å². The monoisotopic (exact) mass is 349 g/mol. The quantitative estimate of drug-likeness (QED) is 0.584. The molecule has 0 radical (unpaired) electrons. The smallest absolute Gasteiger partial charge is 0.331 e. The van der Waals surface area contributed by atoms with Crippen LogP contribution in [0.3, 0.4) is 0 Å². The highest BCUT2D eigenvalue weighted by Crippen LogP contribution is 2.34. The van der Waals surface area contributed by atoms with E-state index < -0.39 is 24.5 Å². The first-order chi connectivity index (χ1) is 12.0. The molecule has 0 fully saturated rings. The average molecular weight is 349 g/mol. The van der Waals surface area contributed by atoms with Gasteiger partial charge in [0.2, 0.25) is 6.79 Å². The van der Waals surface area contributed by atoms with Crippen LogP contribution in [0, 0.1) is 0 Å². The number of benzene rings is 1. The summed E-state index contributed by atoms with van der Waals surface area (Å²) in [6.07, 6.45) is 1.85. The Hall–Kier alpha value is -3.03. The Bertz CT molecular complexity index is 684. The van der Waals surface area contributed by atoms with E-state index in [1.807, 2.05) is 6.07 Å². The maximum atomic E-state index is 11.8. The lowest BCUT2D eigenvalue weighted by Crippen LogP contribution is -2.30. The maximum absolute atomic E-state index is 11.8. The lowest BCUT2D eigenvalue weighted by molar-refractivity contribution is -0.144. The molecule has 1 aliphatic heterocycles. The van der Waals surface area contributed by atoms with E-state index in [0.717, 1.165) is 17.7 Å². The van der Waals surface area contributed by atoms with Gasteiger partial charge in [-0.05, 0) is 31.5 Å². The largest absolute Gasteiger partial charge is 0.463 e. The molecule has 0 bridgehead atoms. The molecule has 1 N–H and O–H groups in total. The zero-order valence-corrected chi connectivity index (χ0v) is 13.9. The SMILES string of the molecule is CCOC(=O)/C=C/C(=O)OCC(=O)N[C@H](C)c1ccc2c(c1)OCO2. The minimum atomic E-state index is -0.807. The molecule has 0 saturated carbocycles. The first-order valence-corrected chi connectivity index (χ1v) is 7.70. The second kappa shape index (κ2) is 8.72. The van der Waals surface area contributed by atoms with Crippen LogP contribution in [0.15, 0.2) is 30.4 Å². The summed E-state index contributed by atoms with van der Waals surface area (Å²) in [6.45, 7) is 3.36. The van der Waals surface area contributed by atoms with Gasteiger partial charge in [-0.1, -0.05) is 6.07 Å². The molecule has 0 aromatic heterocycles. The van der Waals surface area contributed by atoms with Gasteiger partial charge in [-0.3, -0.25) is 4.79 Å². The van der Waals surface area contributed by atoms with E-state index in [1.165, 1.54) is 0 Å². The van der Waals surface area contributed by atoms with Gasteiger partial charge in [-0.15, -0.1) is 0 Å². The third-order valence-corrected chi connectivity index (χ3v) is 3.26. The van der Waals surface area contributed by atoms with Crippen LogP contribution in [0.2, 0.25) is 0 Å². The second-order valence-corrected chi connectivity index (χ2v) is 5.09. The van der Waals surface area contributed by atoms with Crippen molar-refractivity contribution in [3.8, 4) is 11.5 Å². The molecule has 1 aromatic rings. The molecular weight excluding hydrogens is 330 g/mol. The Morgan fingerprint density at radius 1 is 1.16 bits per heavy atom. The van der Waals surface area contributed by atoms with Crippen LogP contribution in [-0.2, 0) is 23.9 Å². The number of esters is 2. The van der Waals surface area contributed by atoms with Gasteiger partial charge >= 0.3 is 11.9 Å². The first kappa shape index (κ1) is 18.3. The highest BCUT2D eigenvalue weighted by atomic mass is 16.7. The lowest BCUT2D eigenvalue weighted by Gasteiger charge is -2.14. The van der Waals surface area contributed by atoms with E-state index in [0.29, 0.717) is 11.5 Å². The van der Waals surface area contributed by atoms with Crippen molar-refractivity contribution in [1.82, 2.24) is 5.32 Å². The zero-order valence-electron chi connectivity index (χ0n) is 13.9. The number of amides is 1. The topological polar surface area (TPSA) is 100 Å². The molecule has 1 atom stereocenters. The number of nitrogens with one attached hydrogen (secondary N) is 1. The highest BCUT2D eigenvalue weighted by Gasteiger charge is 2.17. The van der Waals surface area contributed by atoms with E-state index in [1.54, 1.807) is 26.0 Å². The van der Waals surface area contributed by atoms with Crippen molar-refractivity contribution in [3.05, 3.63) is 35.9 Å². The first-order valence-electron chi connectivity index (χ1n) is 7.70. The molecule has 1 aromatic carbocycles. The summed E-state index contributed by atoms with van der Waals surface area (Å²) in [4.78, 5) is 34.3. The molecule has 0 unspecified atom stereocenters. The summed E-state index contributed by atoms with van der Waals surface area (Å²) >= 11 is 0. The summed E-state index contributed by atoms with van der Waals surface area (Å²) in [5.41, 5.74) is 0.825. The Morgan fingerprint density at radius 3 is 2.56 bits per heavy atom. The normalized spacial score (nSPS) is 13.4. The van der Waals surface area contributed by atoms with Gasteiger partial charge in [0.15, 0.2) is 18.1 Å². The third-order valence-electron chi connectivity index (χ3n) is 3.26. The predicted octanol–water partition coefficient (Wildman–Crippen LogP) is 1.25. The van der Waals surface area contributed by atoms with Crippen LogP contribution in [0.5, 0.6) is 11.5 Å². The molecule has 0 spiro atoms. The molecule has 0 aliphatic carbocycles. The van der Waals surface area contributed by atoms with Crippen LogP contribution in [0.4, 0.5) is 0 Å². The van der Waals surface area contributed by atoms with Crippen LogP contribution in [0.25, 0.3) is 0 Å². The van der Waals surface area contributed by atoms with E-state index in [9.17, 15) is 14.4 Å². The van der Waals surface area contributed by atoms with Gasteiger partial charge < -0.3 is 24.3 Å². The van der Waals surface area contributed by atoms with Gasteiger partial charge in [-0.25, -0.2) is 9.59 Å². The minimum Gasteiger partial charge on any atom is -0.463 e. The molecular formula is C17H19NO7. The Morgan fingerprint density at radius 2 is 1.84 bits per heavy atom. The predicted molar refractivity (Wildman–Crippen MR) is 85.9 cm³/mol. The van der Waals surface area contributed by atoms with Gasteiger partial charge in [-0.2, -0.15) is 0 Å². The van der Waals surface area contributed by atoms with Crippen molar-refractivity contribution in [2.75, 3.05) is 20.0 Å². The number of hydrogen-bond acceptors (Lipinski definition) is 7. The Kier molecular flexibility index (Phi) is 6.39. The van der Waals surface area contributed by atoms with Crippen LogP contribution < -0.4 is 14.8 Å². The van der Waals surface area contributed by atoms with Crippen molar-refractivity contribution in [1.29, 1.82) is 0 Å². The van der Waals surface area contributed by atoms with E-state index in [4.69, 9.17) is 14.2 Å². The molecule has 1 amide bonds. The van der Waals surface area contributed by atoms with Crippen LogP contribution >= 0.6 is 0 Å². The van der Waals surface area contributed by atoms with E-state index >= 15 is 0 Å². The summed E-state index contributed by atoms with van der Waals surface area (Å²) in [5, 5.41) is 2.70. The van der Waals surface area contributed by atoms with Crippen molar-refractivity contribution in [2.45, 2.75) is 19.9 Å². The molecule has 25 heavy (non-hydrogen) atoms. The summed E-state index contributed by atoms with van der Waals surface area (Å²) in [5.74, 6) is -0.652. The molecule has 8 nitrogen and oxygen atoms in total. The molecule has 1 aliphatic rings. The fraction of sp³-hybridized carbons (Fsp3) is 0.353. The minimum absolute atomic E-state index is 0.175. The van der Waals surface area contributed by atoms with E-state index in [-0.39, 0.29) is 19.4 Å². The van der Waals surface area contributed by atoms with Crippen molar-refractivity contribution in [3.63, 3.8) is 0 Å². The summed E-state index contributed by atoms with van der Waals surface area (Å²) < 4.78 is 19.9. The lowest BCUT2D eigenvalue weighted by atomic mass is 10.1. The zero-order chi connectivity index (χ0) is 18.2. The second-order valence-electron chi connectivity index (χ2n) is 5.09. The van der Waals surface area contributed by atoms with E-state index in [2.05, 4.69) is 10.1 Å². The molecule has 134 valence electrons. The number of fused-ring (bicyclic) bond motifs is 1. The molecule has 2 rings (SSSR count). The van der Waals surface area contributed by atoms with Gasteiger partial charge in [0, 0.05) is 12.2 Å². The molecule has 0 saturated heterocycles. The molecule has 1 heterocycles. The number of carbonyl (C=O) groups is 3. The Labute approximate surface area is 144 Å². The number of rotatable bonds is 7. The fourth-order valence-corrected chi connectivity index (χ4v) is 2.06. The van der Waals surface area contributed by atoms with Gasteiger partial charge in [0.25, 0.3) is 5.91 Å². The highest BCUT2D eigenvalue weighted by molar-refractivity contribution is 5.92. The fourth-order valence-electron chi connectivity index (χ4n) is 2.06. The summed E-state index contributed by atoms with van der Waals surface area (Å²) in [6, 6.07) is 5.05. The maximum Gasteiger partial charge on any atom is 0.331 e. The van der Waals surface area contributed by atoms with Crippen LogP contribution in [-0.4, -0.2) is 37.9 Å². The number of carbonyl (C=O) groups excluding carboxylic acids is 3. The number of hydrogen-bond donors (Lipinski definition) is 1. The summed E-state index contributed by atoms with van der Waals surface area (Å²) in [7, 11) is 0. The van der Waals surface area contributed by atoms with Crippen molar-refractivity contribution in [2.24, 2.45) is 0 Å². The average Bonchev–Trinajstić information content (AvgIpc) is 3.06. The van der Waals surface area contributed by atoms with Gasteiger partial charge in [0.1, 0.15) is 0 Å². The standard InChI is InChI=1S/C17H19NO7/c1-3-22-16(20)6-7-17(21)23-9-15(19)18-11(2)12-4-5-13-14(8-12)25-10-24-13/h4-8,11H,3,9-10H2,1-2H3,(H,18,19)/b7-6+/t11-/m1/s1.